The molecule has 0 fully saturated rings. The Morgan fingerprint density at radius 3 is 2.89 bits per heavy atom. The van der Waals surface area contributed by atoms with Gasteiger partial charge in [-0.2, -0.15) is 0 Å². The van der Waals surface area contributed by atoms with E-state index in [2.05, 4.69) is 24.2 Å². The molecule has 1 aromatic carbocycles. The Kier molecular flexibility index (Phi) is 2.52. The second kappa shape index (κ2) is 4.18. The molecule has 0 unspecified atom stereocenters. The van der Waals surface area contributed by atoms with Gasteiger partial charge in [-0.15, -0.1) is 0 Å². The van der Waals surface area contributed by atoms with Crippen molar-refractivity contribution < 1.29 is 5.11 Å². The first-order chi connectivity index (χ1) is 8.70. The summed E-state index contributed by atoms with van der Waals surface area (Å²) in [6.07, 6.45) is 4.83. The molecule has 0 aliphatic rings. The lowest BCUT2D eigenvalue weighted by atomic mass is 10.1. The molecule has 18 heavy (non-hydrogen) atoms. The van der Waals surface area contributed by atoms with E-state index in [0.717, 1.165) is 23.3 Å². The smallest absolute Gasteiger partial charge is 0.137 e. The fourth-order valence-corrected chi connectivity index (χ4v) is 2.12. The van der Waals surface area contributed by atoms with Crippen LogP contribution in [0.25, 0.3) is 5.65 Å². The number of pyridine rings is 1. The van der Waals surface area contributed by atoms with E-state index in [9.17, 15) is 5.11 Å². The van der Waals surface area contributed by atoms with E-state index in [1.165, 1.54) is 5.56 Å². The van der Waals surface area contributed by atoms with Gasteiger partial charge in [-0.05, 0) is 36.2 Å². The van der Waals surface area contributed by atoms with Gasteiger partial charge in [0.05, 0.1) is 5.69 Å². The van der Waals surface area contributed by atoms with Crippen LogP contribution in [0.1, 0.15) is 16.8 Å². The second-order valence-electron chi connectivity index (χ2n) is 4.55. The molecule has 90 valence electrons. The first kappa shape index (κ1) is 10.8. The Morgan fingerprint density at radius 1 is 1.17 bits per heavy atom. The lowest BCUT2D eigenvalue weighted by molar-refractivity contribution is 0.474. The van der Waals surface area contributed by atoms with Gasteiger partial charge >= 0.3 is 0 Å². The maximum absolute atomic E-state index is 9.44. The van der Waals surface area contributed by atoms with Crippen LogP contribution in [0.5, 0.6) is 5.75 Å². The van der Waals surface area contributed by atoms with E-state index in [4.69, 9.17) is 0 Å². The summed E-state index contributed by atoms with van der Waals surface area (Å²) >= 11 is 0. The summed E-state index contributed by atoms with van der Waals surface area (Å²) in [7, 11) is 0. The predicted molar refractivity (Wildman–Crippen MR) is 70.8 cm³/mol. The van der Waals surface area contributed by atoms with Gasteiger partial charge in [-0.3, -0.25) is 0 Å². The van der Waals surface area contributed by atoms with Crippen LogP contribution in [0.3, 0.4) is 0 Å². The summed E-state index contributed by atoms with van der Waals surface area (Å²) in [5.41, 5.74) is 4.24. The van der Waals surface area contributed by atoms with Crippen LogP contribution in [0.4, 0.5) is 0 Å². The van der Waals surface area contributed by atoms with Gasteiger partial charge in [-0.1, -0.05) is 18.2 Å². The third kappa shape index (κ3) is 2.07. The Balaban J connectivity index is 1.95. The van der Waals surface area contributed by atoms with Crippen molar-refractivity contribution in [2.45, 2.75) is 13.3 Å². The van der Waals surface area contributed by atoms with Crippen LogP contribution in [-0.2, 0) is 6.42 Å². The zero-order chi connectivity index (χ0) is 12.5. The van der Waals surface area contributed by atoms with Crippen molar-refractivity contribution in [3.8, 4) is 5.75 Å². The van der Waals surface area contributed by atoms with E-state index < -0.39 is 0 Å². The Hall–Kier alpha value is -2.29. The van der Waals surface area contributed by atoms with E-state index in [1.54, 1.807) is 12.1 Å². The number of fused-ring (bicyclic) bond motifs is 1. The molecule has 0 radical (unpaired) electrons. The standard InChI is InChI=1S/C15H14N2O/c1-11-5-6-15-16-13(10-17(15)9-11)7-12-3-2-4-14(18)8-12/h2-6,8-10,18H,7H2,1H3. The number of aromatic hydroxyl groups is 1. The summed E-state index contributed by atoms with van der Waals surface area (Å²) in [5.74, 6) is 0.298. The van der Waals surface area contributed by atoms with Crippen molar-refractivity contribution in [1.82, 2.24) is 9.38 Å². The van der Waals surface area contributed by atoms with Gasteiger partial charge in [0.15, 0.2) is 0 Å². The third-order valence-electron chi connectivity index (χ3n) is 2.94. The molecule has 0 atom stereocenters. The molecular formula is C15H14N2O. The quantitative estimate of drug-likeness (QED) is 0.745. The Labute approximate surface area is 105 Å². The molecule has 0 saturated carbocycles. The van der Waals surface area contributed by atoms with E-state index in [1.807, 2.05) is 28.8 Å². The molecule has 0 amide bonds. The van der Waals surface area contributed by atoms with Crippen LogP contribution < -0.4 is 0 Å². The Morgan fingerprint density at radius 2 is 2.06 bits per heavy atom. The average molecular weight is 238 g/mol. The highest BCUT2D eigenvalue weighted by molar-refractivity contribution is 5.42. The summed E-state index contributed by atoms with van der Waals surface area (Å²) in [4.78, 5) is 4.56. The highest BCUT2D eigenvalue weighted by Crippen LogP contribution is 2.15. The first-order valence-corrected chi connectivity index (χ1v) is 5.93. The van der Waals surface area contributed by atoms with Gasteiger partial charge in [0, 0.05) is 18.8 Å². The lowest BCUT2D eigenvalue weighted by Gasteiger charge is -1.98. The normalized spacial score (nSPS) is 10.9. The van der Waals surface area contributed by atoms with Gasteiger partial charge in [-0.25, -0.2) is 4.98 Å². The van der Waals surface area contributed by atoms with E-state index in [-0.39, 0.29) is 0 Å². The minimum atomic E-state index is 0.298. The molecule has 2 aromatic heterocycles. The number of nitrogens with zero attached hydrogens (tertiary/aromatic N) is 2. The molecule has 1 N–H and O–H groups in total. The second-order valence-corrected chi connectivity index (χ2v) is 4.55. The minimum Gasteiger partial charge on any atom is -0.508 e. The fraction of sp³-hybridized carbons (Fsp3) is 0.133. The molecule has 0 aliphatic carbocycles. The molecule has 3 rings (SSSR count). The number of rotatable bonds is 2. The van der Waals surface area contributed by atoms with Crippen LogP contribution in [0, 0.1) is 6.92 Å². The molecule has 0 spiro atoms. The topological polar surface area (TPSA) is 37.5 Å². The lowest BCUT2D eigenvalue weighted by Crippen LogP contribution is -1.87. The highest BCUT2D eigenvalue weighted by atomic mass is 16.3. The molecule has 3 heteroatoms. The van der Waals surface area contributed by atoms with Gasteiger partial charge in [0.1, 0.15) is 11.4 Å². The van der Waals surface area contributed by atoms with Crippen molar-refractivity contribution in [1.29, 1.82) is 0 Å². The van der Waals surface area contributed by atoms with Crippen LogP contribution in [-0.4, -0.2) is 14.5 Å². The van der Waals surface area contributed by atoms with E-state index >= 15 is 0 Å². The molecule has 2 heterocycles. The van der Waals surface area contributed by atoms with Crippen molar-refractivity contribution >= 4 is 5.65 Å². The monoisotopic (exact) mass is 238 g/mol. The van der Waals surface area contributed by atoms with Gasteiger partial charge in [0.25, 0.3) is 0 Å². The Bertz CT molecular complexity index is 701. The molecule has 0 saturated heterocycles. The zero-order valence-electron chi connectivity index (χ0n) is 10.2. The van der Waals surface area contributed by atoms with Crippen LogP contribution in [0.15, 0.2) is 48.8 Å². The summed E-state index contributed by atoms with van der Waals surface area (Å²) in [6, 6.07) is 11.4. The number of phenols is 1. The minimum absolute atomic E-state index is 0.298. The maximum atomic E-state index is 9.44. The zero-order valence-corrected chi connectivity index (χ0v) is 10.2. The van der Waals surface area contributed by atoms with Gasteiger partial charge in [0.2, 0.25) is 0 Å². The largest absolute Gasteiger partial charge is 0.508 e. The first-order valence-electron chi connectivity index (χ1n) is 5.93. The van der Waals surface area contributed by atoms with Crippen molar-refractivity contribution in [3.05, 3.63) is 65.6 Å². The summed E-state index contributed by atoms with van der Waals surface area (Å²) < 4.78 is 2.04. The van der Waals surface area contributed by atoms with Gasteiger partial charge < -0.3 is 9.51 Å². The molecule has 0 aliphatic heterocycles. The van der Waals surface area contributed by atoms with E-state index in [0.29, 0.717) is 5.75 Å². The molecule has 0 bridgehead atoms. The predicted octanol–water partition coefficient (Wildman–Crippen LogP) is 2.94. The van der Waals surface area contributed by atoms with Crippen molar-refractivity contribution in [3.63, 3.8) is 0 Å². The maximum Gasteiger partial charge on any atom is 0.137 e. The summed E-state index contributed by atoms with van der Waals surface area (Å²) in [6.45, 7) is 2.06. The fourth-order valence-electron chi connectivity index (χ4n) is 2.12. The molecule has 3 nitrogen and oxygen atoms in total. The highest BCUT2D eigenvalue weighted by Gasteiger charge is 2.03. The van der Waals surface area contributed by atoms with Crippen molar-refractivity contribution in [2.75, 3.05) is 0 Å². The van der Waals surface area contributed by atoms with Crippen LogP contribution in [0.2, 0.25) is 0 Å². The number of benzene rings is 1. The summed E-state index contributed by atoms with van der Waals surface area (Å²) in [5, 5.41) is 9.44. The van der Waals surface area contributed by atoms with Crippen molar-refractivity contribution in [2.24, 2.45) is 0 Å². The number of hydrogen-bond donors (Lipinski definition) is 1. The number of aromatic nitrogens is 2. The molecule has 3 aromatic rings. The average Bonchev–Trinajstić information content (AvgIpc) is 2.70. The van der Waals surface area contributed by atoms with Crippen LogP contribution >= 0.6 is 0 Å². The molecular weight excluding hydrogens is 224 g/mol. The number of phenolic OH excluding ortho intramolecular Hbond substituents is 1. The SMILES string of the molecule is Cc1ccc2nc(Cc3cccc(O)c3)cn2c1. The number of aryl methyl sites for hydroxylation is 1. The number of imidazole rings is 1. The third-order valence-corrected chi connectivity index (χ3v) is 2.94. The number of hydrogen-bond acceptors (Lipinski definition) is 2.